The number of halogens is 1. The van der Waals surface area contributed by atoms with Crippen LogP contribution in [0.25, 0.3) is 11.6 Å². The van der Waals surface area contributed by atoms with Crippen molar-refractivity contribution in [2.75, 3.05) is 31.1 Å². The quantitative estimate of drug-likeness (QED) is 0.438. The summed E-state index contributed by atoms with van der Waals surface area (Å²) in [6.07, 6.45) is 3.17. The second-order valence-corrected chi connectivity index (χ2v) is 9.03. The zero-order valence-corrected chi connectivity index (χ0v) is 18.3. The van der Waals surface area contributed by atoms with E-state index in [0.29, 0.717) is 48.6 Å². The number of furan rings is 2. The summed E-state index contributed by atoms with van der Waals surface area (Å²) in [6, 6.07) is 13.8. The van der Waals surface area contributed by atoms with Crippen molar-refractivity contribution < 1.29 is 18.0 Å². The van der Waals surface area contributed by atoms with Crippen molar-refractivity contribution in [3.8, 4) is 11.6 Å². The second kappa shape index (κ2) is 8.20. The van der Waals surface area contributed by atoms with Crippen LogP contribution >= 0.6 is 11.8 Å². The molecule has 2 aliphatic rings. The number of fused-ring (bicyclic) bond motifs is 1. The van der Waals surface area contributed by atoms with Gasteiger partial charge in [0.25, 0.3) is 5.91 Å². The highest BCUT2D eigenvalue weighted by Crippen LogP contribution is 2.42. The number of hydrogen-bond acceptors (Lipinski definition) is 8. The van der Waals surface area contributed by atoms with Crippen molar-refractivity contribution in [2.24, 2.45) is 0 Å². The van der Waals surface area contributed by atoms with Gasteiger partial charge in [0.2, 0.25) is 5.82 Å². The molecule has 3 aromatic heterocycles. The van der Waals surface area contributed by atoms with E-state index in [4.69, 9.17) is 8.83 Å². The molecule has 8 nitrogen and oxygen atoms in total. The molecule has 0 bridgehead atoms. The third kappa shape index (κ3) is 3.55. The minimum atomic E-state index is -0.447. The van der Waals surface area contributed by atoms with E-state index < -0.39 is 5.25 Å². The molecule has 0 spiro atoms. The Bertz CT molecular complexity index is 1270. The van der Waals surface area contributed by atoms with Gasteiger partial charge in [-0.3, -0.25) is 9.69 Å². The first kappa shape index (κ1) is 20.3. The summed E-state index contributed by atoms with van der Waals surface area (Å²) >= 11 is 1.38. The summed E-state index contributed by atoms with van der Waals surface area (Å²) in [4.78, 5) is 22.1. The summed E-state index contributed by atoms with van der Waals surface area (Å²) in [5.41, 5.74) is 0.604. The van der Waals surface area contributed by atoms with E-state index in [1.54, 1.807) is 36.8 Å². The number of hydrogen-bond donors (Lipinski definition) is 0. The van der Waals surface area contributed by atoms with E-state index in [2.05, 4.69) is 15.0 Å². The number of nitrogens with zero attached hydrogens (tertiary/aromatic N) is 5. The summed E-state index contributed by atoms with van der Waals surface area (Å²) in [7, 11) is 0. The molecular weight excluding hydrogens is 445 g/mol. The van der Waals surface area contributed by atoms with Crippen LogP contribution in [0.3, 0.4) is 0 Å². The van der Waals surface area contributed by atoms with Crippen LogP contribution in [0.5, 0.6) is 0 Å². The topological polar surface area (TPSA) is 80.5 Å². The molecule has 4 aromatic rings. The molecule has 0 aliphatic carbocycles. The van der Waals surface area contributed by atoms with Gasteiger partial charge in [-0.05, 0) is 36.4 Å². The maximum absolute atomic E-state index is 14.3. The van der Waals surface area contributed by atoms with Gasteiger partial charge >= 0.3 is 0 Å². The van der Waals surface area contributed by atoms with Crippen molar-refractivity contribution in [3.63, 3.8) is 0 Å². The Morgan fingerprint density at radius 1 is 1.00 bits per heavy atom. The van der Waals surface area contributed by atoms with Crippen LogP contribution in [0.15, 0.2) is 75.0 Å². The van der Waals surface area contributed by atoms with Crippen LogP contribution in [0, 0.1) is 5.82 Å². The Morgan fingerprint density at radius 2 is 1.79 bits per heavy atom. The van der Waals surface area contributed by atoms with Crippen LogP contribution in [0.2, 0.25) is 0 Å². The van der Waals surface area contributed by atoms with Crippen LogP contribution in [-0.4, -0.2) is 57.0 Å². The number of para-hydroxylation sites is 1. The molecule has 2 unspecified atom stereocenters. The predicted molar refractivity (Wildman–Crippen MR) is 120 cm³/mol. The van der Waals surface area contributed by atoms with Crippen LogP contribution in [0.1, 0.15) is 16.6 Å². The largest absolute Gasteiger partial charge is 0.468 e. The number of carbonyl (C=O) groups excluding carboxylic acids is 1. The third-order valence-electron chi connectivity index (χ3n) is 6.03. The van der Waals surface area contributed by atoms with E-state index in [1.807, 2.05) is 23.1 Å². The lowest BCUT2D eigenvalue weighted by molar-refractivity contribution is 0.0813. The lowest BCUT2D eigenvalue weighted by Crippen LogP contribution is -2.50. The van der Waals surface area contributed by atoms with Gasteiger partial charge in [-0.1, -0.05) is 23.9 Å². The lowest BCUT2D eigenvalue weighted by Gasteiger charge is -2.40. The normalized spacial score (nSPS) is 19.7. The summed E-state index contributed by atoms with van der Waals surface area (Å²) in [6.45, 7) is 2.62. The Labute approximate surface area is 193 Å². The molecule has 168 valence electrons. The Hall–Kier alpha value is -3.37. The maximum Gasteiger partial charge on any atom is 0.265 e. The molecule has 33 heavy (non-hydrogen) atoms. The summed E-state index contributed by atoms with van der Waals surface area (Å²) in [5.74, 6) is 1.27. The first-order valence-electron chi connectivity index (χ1n) is 10.7. The Kier molecular flexibility index (Phi) is 5.03. The first-order chi connectivity index (χ1) is 16.2. The number of carbonyl (C=O) groups is 1. The zero-order chi connectivity index (χ0) is 22.4. The predicted octanol–water partition coefficient (Wildman–Crippen LogP) is 3.95. The minimum absolute atomic E-state index is 0.141. The molecule has 0 N–H and O–H groups in total. The van der Waals surface area contributed by atoms with Crippen LogP contribution in [-0.2, 0) is 0 Å². The second-order valence-electron chi connectivity index (χ2n) is 7.92. The van der Waals surface area contributed by atoms with Crippen LogP contribution in [0.4, 0.5) is 10.1 Å². The molecular formula is C23H20FN5O3S. The number of anilines is 1. The standard InChI is InChI=1S/C23H20FN5O3S/c24-15-5-1-2-6-16(15)27-9-11-28(12-10-27)19(17-7-3-13-31-17)20-22(30)29-23(33-20)25-21(26-29)18-8-4-14-32-18/h1-8,13-14,19-20H,9-12H2. The van der Waals surface area contributed by atoms with Gasteiger partial charge in [-0.25, -0.2) is 4.39 Å². The molecule has 1 saturated heterocycles. The van der Waals surface area contributed by atoms with E-state index in [-0.39, 0.29) is 17.8 Å². The third-order valence-corrected chi connectivity index (χ3v) is 7.21. The summed E-state index contributed by atoms with van der Waals surface area (Å²) in [5, 5.41) is 4.47. The Morgan fingerprint density at radius 3 is 2.48 bits per heavy atom. The molecule has 2 atom stereocenters. The van der Waals surface area contributed by atoms with Gasteiger partial charge in [0.1, 0.15) is 16.8 Å². The number of benzene rings is 1. The van der Waals surface area contributed by atoms with Crippen molar-refractivity contribution in [1.82, 2.24) is 19.7 Å². The average molecular weight is 466 g/mol. The Balaban J connectivity index is 1.24. The molecule has 0 amide bonds. The van der Waals surface area contributed by atoms with Gasteiger partial charge in [0, 0.05) is 26.2 Å². The minimum Gasteiger partial charge on any atom is -0.468 e. The van der Waals surface area contributed by atoms with Crippen molar-refractivity contribution in [2.45, 2.75) is 16.4 Å². The average Bonchev–Trinajstić information content (AvgIpc) is 3.63. The van der Waals surface area contributed by atoms with Gasteiger partial charge in [-0.15, -0.1) is 5.10 Å². The fourth-order valence-corrected chi connectivity index (χ4v) is 5.67. The molecule has 6 rings (SSSR count). The maximum atomic E-state index is 14.3. The van der Waals surface area contributed by atoms with E-state index >= 15 is 0 Å². The smallest absolute Gasteiger partial charge is 0.265 e. The van der Waals surface area contributed by atoms with Gasteiger partial charge in [0.15, 0.2) is 10.9 Å². The molecule has 0 radical (unpaired) electrons. The van der Waals surface area contributed by atoms with E-state index in [9.17, 15) is 9.18 Å². The fraction of sp³-hybridized carbons (Fsp3) is 0.261. The molecule has 10 heteroatoms. The number of rotatable bonds is 5. The highest BCUT2D eigenvalue weighted by atomic mass is 32.2. The SMILES string of the molecule is O=C1C(C(c2ccco2)N2CCN(c3ccccc3F)CC2)Sc2nc(-c3ccco3)nn21. The molecule has 1 fully saturated rings. The number of piperazine rings is 1. The van der Waals surface area contributed by atoms with E-state index in [1.165, 1.54) is 22.5 Å². The van der Waals surface area contributed by atoms with Crippen molar-refractivity contribution in [1.29, 1.82) is 0 Å². The van der Waals surface area contributed by atoms with Crippen LogP contribution < -0.4 is 4.90 Å². The zero-order valence-electron chi connectivity index (χ0n) is 17.5. The van der Waals surface area contributed by atoms with Crippen molar-refractivity contribution in [3.05, 3.63) is 72.6 Å². The lowest BCUT2D eigenvalue weighted by atomic mass is 10.1. The van der Waals surface area contributed by atoms with Gasteiger partial charge in [0.05, 0.1) is 24.3 Å². The van der Waals surface area contributed by atoms with E-state index in [0.717, 1.165) is 5.76 Å². The highest BCUT2D eigenvalue weighted by molar-refractivity contribution is 8.00. The summed E-state index contributed by atoms with van der Waals surface area (Å²) < 4.78 is 26.7. The van der Waals surface area contributed by atoms with Gasteiger partial charge in [-0.2, -0.15) is 9.67 Å². The molecule has 2 aliphatic heterocycles. The highest BCUT2D eigenvalue weighted by Gasteiger charge is 2.45. The molecule has 5 heterocycles. The number of aromatic nitrogens is 3. The fourth-order valence-electron chi connectivity index (χ4n) is 4.44. The number of thioether (sulfide) groups is 1. The van der Waals surface area contributed by atoms with Crippen molar-refractivity contribution >= 4 is 23.4 Å². The first-order valence-corrected chi connectivity index (χ1v) is 11.6. The molecule has 1 aromatic carbocycles. The molecule has 0 saturated carbocycles. The monoisotopic (exact) mass is 465 g/mol. The van der Waals surface area contributed by atoms with Gasteiger partial charge < -0.3 is 13.7 Å².